The van der Waals surface area contributed by atoms with Crippen LogP contribution in [0.2, 0.25) is 0 Å². The maximum absolute atomic E-state index is 13.2. The molecule has 8 heteroatoms. The van der Waals surface area contributed by atoms with Gasteiger partial charge in [0.2, 0.25) is 5.95 Å². The van der Waals surface area contributed by atoms with Gasteiger partial charge in [-0.15, -0.1) is 0 Å². The standard InChI is InChI=1S/C23H27N5O3/c1-3-31-18-12-11-16-9-5-6-10-17(16)20(18)21(29)24-15-19-25-22(27-23(26-19)30-2)28-13-7-4-8-14-28/h5-6,9-12H,3-4,7-8,13-15H2,1-2H3,(H,24,29). The Morgan fingerprint density at radius 2 is 1.87 bits per heavy atom. The minimum Gasteiger partial charge on any atom is -0.493 e. The number of anilines is 1. The topological polar surface area (TPSA) is 89.5 Å². The van der Waals surface area contributed by atoms with Crippen molar-refractivity contribution < 1.29 is 14.3 Å². The SMILES string of the molecule is CCOc1ccc2ccccc2c1C(=O)NCc1nc(OC)nc(N2CCCCC2)n1. The van der Waals surface area contributed by atoms with Crippen molar-refractivity contribution in [1.29, 1.82) is 0 Å². The van der Waals surface area contributed by atoms with E-state index in [1.807, 2.05) is 43.3 Å². The van der Waals surface area contributed by atoms with Gasteiger partial charge < -0.3 is 19.7 Å². The van der Waals surface area contributed by atoms with E-state index in [1.54, 1.807) is 0 Å². The second-order valence-corrected chi connectivity index (χ2v) is 7.36. The number of hydrogen-bond acceptors (Lipinski definition) is 7. The molecule has 3 aromatic rings. The Hall–Kier alpha value is -3.42. The molecule has 4 rings (SSSR count). The smallest absolute Gasteiger partial charge is 0.321 e. The van der Waals surface area contributed by atoms with E-state index in [9.17, 15) is 4.79 Å². The Labute approximate surface area is 181 Å². The first kappa shape index (κ1) is 20.8. The van der Waals surface area contributed by atoms with Crippen LogP contribution in [0.1, 0.15) is 42.4 Å². The number of nitrogens with one attached hydrogen (secondary N) is 1. The number of piperidine rings is 1. The molecule has 1 aromatic heterocycles. The molecule has 1 N–H and O–H groups in total. The fraction of sp³-hybridized carbons (Fsp3) is 0.391. The largest absolute Gasteiger partial charge is 0.493 e. The van der Waals surface area contributed by atoms with Crippen LogP contribution in [0.15, 0.2) is 36.4 Å². The summed E-state index contributed by atoms with van der Waals surface area (Å²) in [5, 5.41) is 4.76. The molecule has 2 aromatic carbocycles. The summed E-state index contributed by atoms with van der Waals surface area (Å²) in [5.74, 6) is 1.37. The van der Waals surface area contributed by atoms with Crippen LogP contribution in [0.3, 0.4) is 0 Å². The lowest BCUT2D eigenvalue weighted by atomic mass is 10.0. The van der Waals surface area contributed by atoms with E-state index >= 15 is 0 Å². The van der Waals surface area contributed by atoms with Gasteiger partial charge in [-0.3, -0.25) is 4.79 Å². The number of fused-ring (bicyclic) bond motifs is 1. The molecular weight excluding hydrogens is 394 g/mol. The maximum atomic E-state index is 13.2. The van der Waals surface area contributed by atoms with Crippen LogP contribution >= 0.6 is 0 Å². The third-order valence-electron chi connectivity index (χ3n) is 5.30. The molecule has 8 nitrogen and oxygen atoms in total. The average molecular weight is 422 g/mol. The van der Waals surface area contributed by atoms with E-state index in [-0.39, 0.29) is 18.5 Å². The Bertz CT molecular complexity index is 1070. The zero-order valence-electron chi connectivity index (χ0n) is 17.9. The van der Waals surface area contributed by atoms with Crippen LogP contribution in [0.25, 0.3) is 10.8 Å². The molecule has 0 atom stereocenters. The minimum absolute atomic E-state index is 0.160. The lowest BCUT2D eigenvalue weighted by Crippen LogP contribution is -2.32. The number of aromatic nitrogens is 3. The summed E-state index contributed by atoms with van der Waals surface area (Å²) in [6.45, 7) is 4.35. The van der Waals surface area contributed by atoms with Crippen molar-refractivity contribution in [2.24, 2.45) is 0 Å². The van der Waals surface area contributed by atoms with Gasteiger partial charge in [0.15, 0.2) is 5.82 Å². The number of ether oxygens (including phenoxy) is 2. The van der Waals surface area contributed by atoms with Crippen LogP contribution in [-0.4, -0.2) is 47.7 Å². The number of carbonyl (C=O) groups is 1. The van der Waals surface area contributed by atoms with Crippen molar-refractivity contribution in [1.82, 2.24) is 20.3 Å². The molecule has 1 fully saturated rings. The van der Waals surface area contributed by atoms with Gasteiger partial charge >= 0.3 is 6.01 Å². The highest BCUT2D eigenvalue weighted by atomic mass is 16.5. The van der Waals surface area contributed by atoms with Gasteiger partial charge in [0.05, 0.1) is 25.8 Å². The molecule has 1 saturated heterocycles. The van der Waals surface area contributed by atoms with Crippen molar-refractivity contribution in [3.05, 3.63) is 47.8 Å². The Kier molecular flexibility index (Phi) is 6.45. The van der Waals surface area contributed by atoms with E-state index < -0.39 is 0 Å². The molecule has 162 valence electrons. The number of nitrogens with zero attached hydrogens (tertiary/aromatic N) is 4. The minimum atomic E-state index is -0.237. The van der Waals surface area contributed by atoms with E-state index in [1.165, 1.54) is 13.5 Å². The highest BCUT2D eigenvalue weighted by Gasteiger charge is 2.19. The summed E-state index contributed by atoms with van der Waals surface area (Å²) >= 11 is 0. The van der Waals surface area contributed by atoms with Crippen LogP contribution < -0.4 is 19.7 Å². The van der Waals surface area contributed by atoms with Crippen molar-refractivity contribution in [2.75, 3.05) is 31.7 Å². The monoisotopic (exact) mass is 421 g/mol. The second-order valence-electron chi connectivity index (χ2n) is 7.36. The number of methoxy groups -OCH3 is 1. The summed E-state index contributed by atoms with van der Waals surface area (Å²) in [4.78, 5) is 28.6. The van der Waals surface area contributed by atoms with Gasteiger partial charge in [0.1, 0.15) is 5.75 Å². The van der Waals surface area contributed by atoms with Crippen LogP contribution in [0, 0.1) is 0 Å². The Morgan fingerprint density at radius 3 is 2.65 bits per heavy atom. The molecule has 2 heterocycles. The van der Waals surface area contributed by atoms with E-state index in [0.29, 0.717) is 29.7 Å². The summed E-state index contributed by atoms with van der Waals surface area (Å²) in [6.07, 6.45) is 3.44. The molecule has 1 aliphatic rings. The highest BCUT2D eigenvalue weighted by molar-refractivity contribution is 6.09. The predicted octanol–water partition coefficient (Wildman–Crippen LogP) is 3.35. The Balaban J connectivity index is 1.58. The van der Waals surface area contributed by atoms with Crippen molar-refractivity contribution in [3.63, 3.8) is 0 Å². The first-order valence-corrected chi connectivity index (χ1v) is 10.7. The third kappa shape index (κ3) is 4.68. The summed E-state index contributed by atoms with van der Waals surface area (Å²) in [7, 11) is 1.53. The molecule has 0 bridgehead atoms. The van der Waals surface area contributed by atoms with Crippen molar-refractivity contribution >= 4 is 22.6 Å². The number of amides is 1. The molecule has 0 spiro atoms. The Morgan fingerprint density at radius 1 is 1.06 bits per heavy atom. The van der Waals surface area contributed by atoms with Gasteiger partial charge in [-0.1, -0.05) is 30.3 Å². The van der Waals surface area contributed by atoms with Crippen molar-refractivity contribution in [3.8, 4) is 11.8 Å². The van der Waals surface area contributed by atoms with E-state index in [0.717, 1.165) is 36.7 Å². The molecular formula is C23H27N5O3. The lowest BCUT2D eigenvalue weighted by Gasteiger charge is -2.26. The number of hydrogen-bond donors (Lipinski definition) is 1. The molecule has 1 amide bonds. The molecule has 1 aliphatic heterocycles. The van der Waals surface area contributed by atoms with Gasteiger partial charge in [0, 0.05) is 13.1 Å². The predicted molar refractivity (Wildman–Crippen MR) is 119 cm³/mol. The number of rotatable bonds is 7. The highest BCUT2D eigenvalue weighted by Crippen LogP contribution is 2.28. The van der Waals surface area contributed by atoms with Gasteiger partial charge in [-0.25, -0.2) is 0 Å². The molecule has 0 saturated carbocycles. The molecule has 0 radical (unpaired) electrons. The lowest BCUT2D eigenvalue weighted by molar-refractivity contribution is 0.0947. The van der Waals surface area contributed by atoms with Crippen LogP contribution in [0.4, 0.5) is 5.95 Å². The van der Waals surface area contributed by atoms with E-state index in [2.05, 4.69) is 25.2 Å². The quantitative estimate of drug-likeness (QED) is 0.626. The molecule has 0 aliphatic carbocycles. The molecule has 31 heavy (non-hydrogen) atoms. The number of carbonyl (C=O) groups excluding carboxylic acids is 1. The van der Waals surface area contributed by atoms with Crippen LogP contribution in [-0.2, 0) is 6.54 Å². The number of benzene rings is 2. The summed E-state index contributed by atoms with van der Waals surface area (Å²) in [6, 6.07) is 11.8. The second kappa shape index (κ2) is 9.59. The first-order chi connectivity index (χ1) is 15.2. The van der Waals surface area contributed by atoms with Crippen molar-refractivity contribution in [2.45, 2.75) is 32.7 Å². The zero-order chi connectivity index (χ0) is 21.6. The summed E-state index contributed by atoms with van der Waals surface area (Å²) in [5.41, 5.74) is 0.511. The van der Waals surface area contributed by atoms with Gasteiger partial charge in [0.25, 0.3) is 5.91 Å². The normalized spacial score (nSPS) is 13.8. The van der Waals surface area contributed by atoms with E-state index in [4.69, 9.17) is 9.47 Å². The fourth-order valence-corrected chi connectivity index (χ4v) is 3.80. The zero-order valence-corrected chi connectivity index (χ0v) is 17.9. The fourth-order valence-electron chi connectivity index (χ4n) is 3.80. The van der Waals surface area contributed by atoms with Crippen LogP contribution in [0.5, 0.6) is 11.8 Å². The average Bonchev–Trinajstić information content (AvgIpc) is 2.83. The van der Waals surface area contributed by atoms with Gasteiger partial charge in [-0.2, -0.15) is 15.0 Å². The molecule has 0 unspecified atom stereocenters. The maximum Gasteiger partial charge on any atom is 0.321 e. The first-order valence-electron chi connectivity index (χ1n) is 10.7. The van der Waals surface area contributed by atoms with Gasteiger partial charge in [-0.05, 0) is 43.0 Å². The summed E-state index contributed by atoms with van der Waals surface area (Å²) < 4.78 is 11.0. The third-order valence-corrected chi connectivity index (χ3v) is 5.30.